The van der Waals surface area contributed by atoms with Crippen LogP contribution in [0.2, 0.25) is 0 Å². The number of nitrogens with zero attached hydrogens (tertiary/aromatic N) is 3. The zero-order valence-electron chi connectivity index (χ0n) is 17.3. The van der Waals surface area contributed by atoms with Gasteiger partial charge in [0, 0.05) is 32.7 Å². The SMILES string of the molecule is CCCCCCCCN1C(=O)C(c2ccccc2)=C(N2CCN(C)CC2)C1=O. The van der Waals surface area contributed by atoms with Gasteiger partial charge >= 0.3 is 0 Å². The van der Waals surface area contributed by atoms with Crippen LogP contribution in [0.25, 0.3) is 5.57 Å². The van der Waals surface area contributed by atoms with Crippen molar-refractivity contribution in [1.29, 1.82) is 0 Å². The predicted octanol–water partition coefficient (Wildman–Crippen LogP) is 3.37. The summed E-state index contributed by atoms with van der Waals surface area (Å²) in [6.45, 7) is 6.11. The third-order valence-corrected chi connectivity index (χ3v) is 5.76. The fourth-order valence-corrected chi connectivity index (χ4v) is 4.01. The lowest BCUT2D eigenvalue weighted by Gasteiger charge is -2.34. The summed E-state index contributed by atoms with van der Waals surface area (Å²) >= 11 is 0. The molecule has 152 valence electrons. The van der Waals surface area contributed by atoms with Gasteiger partial charge in [-0.3, -0.25) is 14.5 Å². The Morgan fingerprint density at radius 3 is 2.14 bits per heavy atom. The summed E-state index contributed by atoms with van der Waals surface area (Å²) in [4.78, 5) is 32.3. The number of rotatable bonds is 9. The quantitative estimate of drug-likeness (QED) is 0.484. The number of amides is 2. The predicted molar refractivity (Wildman–Crippen MR) is 113 cm³/mol. The lowest BCUT2D eigenvalue weighted by Crippen LogP contribution is -2.46. The topological polar surface area (TPSA) is 43.9 Å². The third-order valence-electron chi connectivity index (χ3n) is 5.76. The first-order valence-electron chi connectivity index (χ1n) is 10.7. The third kappa shape index (κ3) is 4.64. The second kappa shape index (κ2) is 9.87. The zero-order chi connectivity index (χ0) is 19.9. The lowest BCUT2D eigenvalue weighted by atomic mass is 10.0. The molecule has 28 heavy (non-hydrogen) atoms. The lowest BCUT2D eigenvalue weighted by molar-refractivity contribution is -0.137. The second-order valence-electron chi connectivity index (χ2n) is 7.91. The Labute approximate surface area is 169 Å². The van der Waals surface area contributed by atoms with Crippen molar-refractivity contribution in [3.63, 3.8) is 0 Å². The van der Waals surface area contributed by atoms with Crippen LogP contribution >= 0.6 is 0 Å². The molecule has 1 aromatic rings. The first-order valence-corrected chi connectivity index (χ1v) is 10.7. The molecule has 0 aromatic heterocycles. The van der Waals surface area contributed by atoms with Crippen LogP contribution in [0.5, 0.6) is 0 Å². The number of unbranched alkanes of at least 4 members (excludes halogenated alkanes) is 5. The highest BCUT2D eigenvalue weighted by molar-refractivity contribution is 6.35. The maximum Gasteiger partial charge on any atom is 0.277 e. The van der Waals surface area contributed by atoms with Crippen LogP contribution in [0.4, 0.5) is 0 Å². The summed E-state index contributed by atoms with van der Waals surface area (Å²) in [5, 5.41) is 0. The van der Waals surface area contributed by atoms with Gasteiger partial charge in [0.2, 0.25) is 0 Å². The van der Waals surface area contributed by atoms with Crippen LogP contribution < -0.4 is 0 Å². The van der Waals surface area contributed by atoms with Crippen molar-refractivity contribution in [3.8, 4) is 0 Å². The number of piperazine rings is 1. The Bertz CT molecular complexity index is 706. The molecule has 0 atom stereocenters. The number of carbonyl (C=O) groups excluding carboxylic acids is 2. The van der Waals surface area contributed by atoms with Gasteiger partial charge in [0.25, 0.3) is 11.8 Å². The van der Waals surface area contributed by atoms with Gasteiger partial charge in [-0.25, -0.2) is 0 Å². The summed E-state index contributed by atoms with van der Waals surface area (Å²) in [5.41, 5.74) is 2.04. The molecule has 1 fully saturated rings. The summed E-state index contributed by atoms with van der Waals surface area (Å²) in [6, 6.07) is 9.67. The summed E-state index contributed by atoms with van der Waals surface area (Å²) in [7, 11) is 2.09. The van der Waals surface area contributed by atoms with Crippen molar-refractivity contribution >= 4 is 17.4 Å². The van der Waals surface area contributed by atoms with Crippen molar-refractivity contribution < 1.29 is 9.59 Å². The number of carbonyl (C=O) groups is 2. The molecule has 2 amide bonds. The van der Waals surface area contributed by atoms with E-state index in [-0.39, 0.29) is 11.8 Å². The number of imide groups is 1. The molecule has 0 unspecified atom stereocenters. The van der Waals surface area contributed by atoms with E-state index >= 15 is 0 Å². The maximum atomic E-state index is 13.2. The average molecular weight is 384 g/mol. The number of benzene rings is 1. The summed E-state index contributed by atoms with van der Waals surface area (Å²) in [5.74, 6) is -0.236. The van der Waals surface area contributed by atoms with E-state index < -0.39 is 0 Å². The highest BCUT2D eigenvalue weighted by Crippen LogP contribution is 2.32. The Morgan fingerprint density at radius 1 is 0.821 bits per heavy atom. The fourth-order valence-electron chi connectivity index (χ4n) is 4.01. The van der Waals surface area contributed by atoms with Crippen molar-refractivity contribution in [2.24, 2.45) is 0 Å². The van der Waals surface area contributed by atoms with Crippen LogP contribution in [-0.2, 0) is 9.59 Å². The second-order valence-corrected chi connectivity index (χ2v) is 7.91. The normalized spacial score (nSPS) is 18.5. The van der Waals surface area contributed by atoms with E-state index in [2.05, 4.69) is 23.8 Å². The summed E-state index contributed by atoms with van der Waals surface area (Å²) in [6.07, 6.45) is 6.85. The Balaban J connectivity index is 1.75. The van der Waals surface area contributed by atoms with Crippen LogP contribution in [0, 0.1) is 0 Å². The monoisotopic (exact) mass is 383 g/mol. The molecule has 3 rings (SSSR count). The minimum Gasteiger partial charge on any atom is -0.364 e. The van der Waals surface area contributed by atoms with Gasteiger partial charge in [-0.15, -0.1) is 0 Å². The molecule has 0 spiro atoms. The maximum absolute atomic E-state index is 13.2. The van der Waals surface area contributed by atoms with E-state index in [1.165, 1.54) is 30.6 Å². The molecule has 1 saturated heterocycles. The minimum atomic E-state index is -0.126. The van der Waals surface area contributed by atoms with Crippen LogP contribution in [0.1, 0.15) is 51.0 Å². The van der Waals surface area contributed by atoms with Gasteiger partial charge in [0.05, 0.1) is 5.57 Å². The molecule has 0 radical (unpaired) electrons. The van der Waals surface area contributed by atoms with Gasteiger partial charge < -0.3 is 9.80 Å². The molecule has 2 heterocycles. The van der Waals surface area contributed by atoms with E-state index in [1.807, 2.05) is 30.3 Å². The Hall–Kier alpha value is -2.14. The van der Waals surface area contributed by atoms with Crippen molar-refractivity contribution in [2.75, 3.05) is 39.8 Å². The number of hydrogen-bond donors (Lipinski definition) is 0. The van der Waals surface area contributed by atoms with E-state index in [9.17, 15) is 9.59 Å². The van der Waals surface area contributed by atoms with Crippen molar-refractivity contribution in [2.45, 2.75) is 45.4 Å². The van der Waals surface area contributed by atoms with Crippen molar-refractivity contribution in [1.82, 2.24) is 14.7 Å². The van der Waals surface area contributed by atoms with Crippen LogP contribution in [0.3, 0.4) is 0 Å². The average Bonchev–Trinajstić information content (AvgIpc) is 2.96. The highest BCUT2D eigenvalue weighted by atomic mass is 16.2. The number of likely N-dealkylation sites (N-methyl/N-ethyl adjacent to an activating group) is 1. The Kier molecular flexibility index (Phi) is 7.26. The molecular weight excluding hydrogens is 350 g/mol. The van der Waals surface area contributed by atoms with E-state index in [0.717, 1.165) is 44.6 Å². The first-order chi connectivity index (χ1) is 13.6. The summed E-state index contributed by atoms with van der Waals surface area (Å²) < 4.78 is 0. The molecule has 5 heteroatoms. The minimum absolute atomic E-state index is 0.109. The van der Waals surface area contributed by atoms with Gasteiger partial charge in [0.15, 0.2) is 0 Å². The van der Waals surface area contributed by atoms with Gasteiger partial charge in [-0.2, -0.15) is 0 Å². The molecule has 2 aliphatic rings. The molecule has 0 saturated carbocycles. The molecule has 0 N–H and O–H groups in total. The molecule has 1 aromatic carbocycles. The van der Waals surface area contributed by atoms with Gasteiger partial charge in [-0.05, 0) is 19.0 Å². The zero-order valence-corrected chi connectivity index (χ0v) is 17.3. The number of hydrogen-bond acceptors (Lipinski definition) is 4. The standard InChI is InChI=1S/C23H33N3O2/c1-3-4-5-6-7-11-14-26-22(27)20(19-12-9-8-10-13-19)21(23(26)28)25-17-15-24(2)16-18-25/h8-10,12-13H,3-7,11,14-18H2,1-2H3. The Morgan fingerprint density at radius 2 is 1.46 bits per heavy atom. The molecule has 0 bridgehead atoms. The first kappa shape index (κ1) is 20.6. The van der Waals surface area contributed by atoms with Crippen molar-refractivity contribution in [3.05, 3.63) is 41.6 Å². The smallest absolute Gasteiger partial charge is 0.277 e. The molecular formula is C23H33N3O2. The largest absolute Gasteiger partial charge is 0.364 e. The molecule has 2 aliphatic heterocycles. The van der Waals surface area contributed by atoms with Crippen LogP contribution in [-0.4, -0.2) is 66.3 Å². The highest BCUT2D eigenvalue weighted by Gasteiger charge is 2.41. The van der Waals surface area contributed by atoms with E-state index in [0.29, 0.717) is 17.8 Å². The van der Waals surface area contributed by atoms with Gasteiger partial charge in [-0.1, -0.05) is 69.4 Å². The van der Waals surface area contributed by atoms with E-state index in [1.54, 1.807) is 0 Å². The van der Waals surface area contributed by atoms with Crippen LogP contribution in [0.15, 0.2) is 36.0 Å². The fraction of sp³-hybridized carbons (Fsp3) is 0.565. The molecule has 5 nitrogen and oxygen atoms in total. The van der Waals surface area contributed by atoms with Gasteiger partial charge in [0.1, 0.15) is 5.70 Å². The van der Waals surface area contributed by atoms with E-state index in [4.69, 9.17) is 0 Å². The molecule has 0 aliphatic carbocycles.